The van der Waals surface area contributed by atoms with Crippen LogP contribution >= 0.6 is 0 Å². The Morgan fingerprint density at radius 3 is 2.50 bits per heavy atom. The Bertz CT molecular complexity index is 1680. The van der Waals surface area contributed by atoms with E-state index in [0.717, 1.165) is 65.4 Å². The summed E-state index contributed by atoms with van der Waals surface area (Å²) in [5.41, 5.74) is 11.6. The normalized spacial score (nSPS) is 17.4. The number of esters is 2. The zero-order chi connectivity index (χ0) is 30.7. The first-order valence-corrected chi connectivity index (χ1v) is 15.5. The van der Waals surface area contributed by atoms with Crippen molar-refractivity contribution in [2.45, 2.75) is 51.0 Å². The molecule has 1 atom stereocenters. The molecule has 1 spiro atoms. The van der Waals surface area contributed by atoms with Crippen LogP contribution in [0.4, 0.5) is 5.82 Å². The van der Waals surface area contributed by atoms with Crippen LogP contribution in [0.15, 0.2) is 72.9 Å². The quantitative estimate of drug-likeness (QED) is 0.235. The molecule has 1 aliphatic carbocycles. The second kappa shape index (κ2) is 12.7. The average molecular weight is 594 g/mol. The fraction of sp³-hybridized carbons (Fsp3) is 0.361. The molecule has 2 N–H and O–H groups in total. The number of ether oxygens (including phenoxy) is 3. The summed E-state index contributed by atoms with van der Waals surface area (Å²) in [5.74, 6) is 0.763. The smallest absolute Gasteiger partial charge is 0.320 e. The Hall–Kier alpha value is -4.43. The summed E-state index contributed by atoms with van der Waals surface area (Å²) in [6.07, 6.45) is 4.35. The monoisotopic (exact) mass is 593 g/mol. The molecule has 1 aromatic heterocycles. The lowest BCUT2D eigenvalue weighted by molar-refractivity contribution is -0.145. The third-order valence-corrected chi connectivity index (χ3v) is 9.05. The molecular formula is C36H39N3O5. The molecule has 2 aliphatic rings. The van der Waals surface area contributed by atoms with E-state index >= 15 is 0 Å². The molecular weight excluding hydrogens is 554 g/mol. The minimum atomic E-state index is -0.271. The second-order valence-corrected chi connectivity index (χ2v) is 11.7. The molecule has 6 rings (SSSR count). The van der Waals surface area contributed by atoms with Crippen LogP contribution in [-0.4, -0.2) is 54.7 Å². The molecule has 0 amide bonds. The van der Waals surface area contributed by atoms with Crippen LogP contribution in [0, 0.1) is 0 Å². The van der Waals surface area contributed by atoms with E-state index in [-0.39, 0.29) is 29.9 Å². The fourth-order valence-electron chi connectivity index (χ4n) is 6.93. The Morgan fingerprint density at radius 1 is 0.932 bits per heavy atom. The number of hydrogen-bond donors (Lipinski definition) is 1. The highest BCUT2D eigenvalue weighted by Gasteiger charge is 2.47. The van der Waals surface area contributed by atoms with E-state index in [2.05, 4.69) is 34.1 Å². The number of carbonyl (C=O) groups is 2. The maximum Gasteiger partial charge on any atom is 0.320 e. The first kappa shape index (κ1) is 29.6. The van der Waals surface area contributed by atoms with Gasteiger partial charge in [-0.05, 0) is 92.0 Å². The van der Waals surface area contributed by atoms with E-state index in [9.17, 15) is 9.59 Å². The van der Waals surface area contributed by atoms with Crippen molar-refractivity contribution in [3.8, 4) is 16.9 Å². The molecule has 228 valence electrons. The second-order valence-electron chi connectivity index (χ2n) is 11.7. The number of rotatable bonds is 9. The van der Waals surface area contributed by atoms with Crippen molar-refractivity contribution in [3.05, 3.63) is 89.6 Å². The number of carbonyl (C=O) groups excluding carboxylic acids is 2. The molecule has 1 saturated heterocycles. The number of nitrogens with two attached hydrogens (primary N) is 1. The number of fused-ring (bicyclic) bond motifs is 3. The van der Waals surface area contributed by atoms with Crippen molar-refractivity contribution < 1.29 is 23.8 Å². The minimum absolute atomic E-state index is 0.0765. The van der Waals surface area contributed by atoms with Crippen LogP contribution in [0.2, 0.25) is 0 Å². The van der Waals surface area contributed by atoms with E-state index in [4.69, 9.17) is 19.9 Å². The van der Waals surface area contributed by atoms with Gasteiger partial charge in [0, 0.05) is 22.6 Å². The molecule has 8 nitrogen and oxygen atoms in total. The van der Waals surface area contributed by atoms with Crippen LogP contribution in [0.1, 0.15) is 55.9 Å². The maximum atomic E-state index is 12.4. The standard InChI is InChI=1S/C36H39N3O5/c1-3-42-33(40)21-25-8-5-6-11-31(25)44-32-22-36(15-18-39(19-16-36)23-34(41)43-4-2)30-13-12-24(20-29(30)32)26-9-7-10-28-27(26)14-17-38-35(28)37/h5-14,17,20,32H,3-4,15-16,18-19,21-23H2,1-2H3,(H2,37,38)/t32-/m1/s1. The van der Waals surface area contributed by atoms with Crippen molar-refractivity contribution >= 4 is 28.5 Å². The predicted molar refractivity (Wildman–Crippen MR) is 170 cm³/mol. The molecule has 8 heteroatoms. The lowest BCUT2D eigenvalue weighted by Crippen LogP contribution is -2.44. The zero-order valence-electron chi connectivity index (χ0n) is 25.4. The number of nitrogens with zero attached hydrogens (tertiary/aromatic N) is 2. The summed E-state index contributed by atoms with van der Waals surface area (Å²) in [6.45, 7) is 6.31. The molecule has 1 fully saturated rings. The molecule has 0 unspecified atom stereocenters. The number of anilines is 1. The number of nitrogen functional groups attached to an aromatic ring is 1. The highest BCUT2D eigenvalue weighted by molar-refractivity contribution is 6.01. The van der Waals surface area contributed by atoms with E-state index < -0.39 is 0 Å². The first-order valence-electron chi connectivity index (χ1n) is 15.5. The number of para-hydroxylation sites is 1. The van der Waals surface area contributed by atoms with Gasteiger partial charge in [0.15, 0.2) is 0 Å². The van der Waals surface area contributed by atoms with Gasteiger partial charge in [0.05, 0.1) is 26.2 Å². The summed E-state index contributed by atoms with van der Waals surface area (Å²) in [6, 6.07) is 22.6. The lowest BCUT2D eigenvalue weighted by Gasteiger charge is -2.40. The number of hydrogen-bond acceptors (Lipinski definition) is 8. The maximum absolute atomic E-state index is 12.4. The molecule has 3 aromatic carbocycles. The molecule has 44 heavy (non-hydrogen) atoms. The van der Waals surface area contributed by atoms with E-state index in [1.165, 1.54) is 5.56 Å². The van der Waals surface area contributed by atoms with E-state index in [0.29, 0.717) is 31.3 Å². The largest absolute Gasteiger partial charge is 0.485 e. The van der Waals surface area contributed by atoms with Crippen molar-refractivity contribution in [1.82, 2.24) is 9.88 Å². The molecule has 0 saturated carbocycles. The summed E-state index contributed by atoms with van der Waals surface area (Å²) in [4.78, 5) is 31.1. The van der Waals surface area contributed by atoms with Gasteiger partial charge in [0.25, 0.3) is 0 Å². The Balaban J connectivity index is 1.36. The SMILES string of the molecule is CCOC(=O)Cc1ccccc1O[C@@H]1CC2(CCN(CC(=O)OCC)CC2)c2ccc(-c3cccc4c(N)nccc34)cc21. The number of likely N-dealkylation sites (tertiary alicyclic amines) is 1. The van der Waals surface area contributed by atoms with Gasteiger partial charge in [-0.15, -0.1) is 0 Å². The summed E-state index contributed by atoms with van der Waals surface area (Å²) in [7, 11) is 0. The van der Waals surface area contributed by atoms with Gasteiger partial charge < -0.3 is 19.9 Å². The minimum Gasteiger partial charge on any atom is -0.485 e. The molecule has 0 radical (unpaired) electrons. The molecule has 1 aliphatic heterocycles. The average Bonchev–Trinajstić information content (AvgIpc) is 3.31. The van der Waals surface area contributed by atoms with Gasteiger partial charge in [-0.1, -0.05) is 48.5 Å². The zero-order valence-corrected chi connectivity index (χ0v) is 25.4. The third-order valence-electron chi connectivity index (χ3n) is 9.05. The molecule has 4 aromatic rings. The summed E-state index contributed by atoms with van der Waals surface area (Å²) < 4.78 is 17.3. The molecule has 2 heterocycles. The van der Waals surface area contributed by atoms with Crippen molar-refractivity contribution in [3.63, 3.8) is 0 Å². The van der Waals surface area contributed by atoms with Crippen LogP contribution in [0.5, 0.6) is 5.75 Å². The van der Waals surface area contributed by atoms with Crippen LogP contribution < -0.4 is 10.5 Å². The first-order chi connectivity index (χ1) is 21.4. The predicted octanol–water partition coefficient (Wildman–Crippen LogP) is 6.01. The van der Waals surface area contributed by atoms with Gasteiger partial charge in [-0.2, -0.15) is 0 Å². The van der Waals surface area contributed by atoms with Gasteiger partial charge in [0.2, 0.25) is 0 Å². The Kier molecular flexibility index (Phi) is 8.53. The van der Waals surface area contributed by atoms with Gasteiger partial charge in [0.1, 0.15) is 17.7 Å². The van der Waals surface area contributed by atoms with Gasteiger partial charge >= 0.3 is 11.9 Å². The Morgan fingerprint density at radius 2 is 1.70 bits per heavy atom. The fourth-order valence-corrected chi connectivity index (χ4v) is 6.93. The van der Waals surface area contributed by atoms with Crippen LogP contribution in [0.3, 0.4) is 0 Å². The number of aromatic nitrogens is 1. The Labute approximate surface area is 258 Å². The van der Waals surface area contributed by atoms with Crippen molar-refractivity contribution in [2.24, 2.45) is 0 Å². The van der Waals surface area contributed by atoms with Gasteiger partial charge in [-0.25, -0.2) is 4.98 Å². The van der Waals surface area contributed by atoms with Crippen LogP contribution in [0.25, 0.3) is 21.9 Å². The van der Waals surface area contributed by atoms with Gasteiger partial charge in [-0.3, -0.25) is 14.5 Å². The lowest BCUT2D eigenvalue weighted by atomic mass is 9.73. The summed E-state index contributed by atoms with van der Waals surface area (Å²) >= 11 is 0. The number of benzene rings is 3. The topological polar surface area (TPSA) is 104 Å². The molecule has 0 bridgehead atoms. The van der Waals surface area contributed by atoms with Crippen molar-refractivity contribution in [1.29, 1.82) is 0 Å². The van der Waals surface area contributed by atoms with E-state index in [1.807, 2.05) is 56.3 Å². The van der Waals surface area contributed by atoms with Crippen molar-refractivity contribution in [2.75, 3.05) is 38.6 Å². The third kappa shape index (κ3) is 5.86. The number of piperidine rings is 1. The van der Waals surface area contributed by atoms with E-state index in [1.54, 1.807) is 6.20 Å². The number of pyridine rings is 1. The summed E-state index contributed by atoms with van der Waals surface area (Å²) in [5, 5.41) is 1.98. The highest BCUT2D eigenvalue weighted by Crippen LogP contribution is 2.53. The highest BCUT2D eigenvalue weighted by atomic mass is 16.5. The van der Waals surface area contributed by atoms with Crippen LogP contribution in [-0.2, 0) is 30.9 Å².